The van der Waals surface area contributed by atoms with Crippen LogP contribution < -0.4 is 5.32 Å². The van der Waals surface area contributed by atoms with Crippen LogP contribution in [0.4, 0.5) is 0 Å². The molecule has 0 fully saturated rings. The molecule has 0 amide bonds. The first-order chi connectivity index (χ1) is 6.11. The number of hydrogen-bond donors (Lipinski definition) is 1. The number of ketones is 1. The van der Waals surface area contributed by atoms with Crippen molar-refractivity contribution < 1.29 is 14.3 Å². The van der Waals surface area contributed by atoms with Crippen molar-refractivity contribution in [1.29, 1.82) is 0 Å². The molecular formula is C9H17NO3. The Morgan fingerprint density at radius 3 is 2.38 bits per heavy atom. The van der Waals surface area contributed by atoms with Gasteiger partial charge in [-0.3, -0.25) is 9.59 Å². The van der Waals surface area contributed by atoms with Gasteiger partial charge in [-0.15, -0.1) is 0 Å². The van der Waals surface area contributed by atoms with Gasteiger partial charge in [0, 0.05) is 0 Å². The Balaban J connectivity index is 3.94. The van der Waals surface area contributed by atoms with E-state index in [-0.39, 0.29) is 18.2 Å². The van der Waals surface area contributed by atoms with Crippen molar-refractivity contribution in [3.8, 4) is 0 Å². The summed E-state index contributed by atoms with van der Waals surface area (Å²) in [6.07, 6.45) is 0.122. The van der Waals surface area contributed by atoms with Crippen LogP contribution in [0.3, 0.4) is 0 Å². The SMILES string of the molecule is CCNC(CC(=O)OCC)C(C)=O. The van der Waals surface area contributed by atoms with Crippen molar-refractivity contribution in [2.75, 3.05) is 13.2 Å². The number of hydrogen-bond acceptors (Lipinski definition) is 4. The standard InChI is InChI=1S/C9H17NO3/c1-4-10-8(7(3)11)6-9(12)13-5-2/h8,10H,4-6H2,1-3H3. The maximum atomic E-state index is 11.0. The van der Waals surface area contributed by atoms with Gasteiger partial charge in [0.1, 0.15) is 5.78 Å². The second kappa shape index (κ2) is 6.60. The molecule has 0 aromatic heterocycles. The second-order valence-electron chi connectivity index (χ2n) is 2.73. The van der Waals surface area contributed by atoms with E-state index in [1.165, 1.54) is 6.92 Å². The summed E-state index contributed by atoms with van der Waals surface area (Å²) < 4.78 is 4.74. The van der Waals surface area contributed by atoms with E-state index in [0.717, 1.165) is 0 Å². The highest BCUT2D eigenvalue weighted by Gasteiger charge is 2.17. The van der Waals surface area contributed by atoms with Crippen LogP contribution in [0.5, 0.6) is 0 Å². The minimum Gasteiger partial charge on any atom is -0.466 e. The summed E-state index contributed by atoms with van der Waals surface area (Å²) in [5.41, 5.74) is 0. The van der Waals surface area contributed by atoms with E-state index in [1.807, 2.05) is 6.92 Å². The average molecular weight is 187 g/mol. The largest absolute Gasteiger partial charge is 0.466 e. The van der Waals surface area contributed by atoms with Crippen molar-refractivity contribution in [2.45, 2.75) is 33.2 Å². The van der Waals surface area contributed by atoms with Gasteiger partial charge < -0.3 is 10.1 Å². The van der Waals surface area contributed by atoms with Gasteiger partial charge in [0.25, 0.3) is 0 Å². The molecule has 76 valence electrons. The van der Waals surface area contributed by atoms with Crippen LogP contribution >= 0.6 is 0 Å². The van der Waals surface area contributed by atoms with Crippen LogP contribution in [0.1, 0.15) is 27.2 Å². The maximum absolute atomic E-state index is 11.0. The van der Waals surface area contributed by atoms with Crippen LogP contribution in [0.2, 0.25) is 0 Å². The normalized spacial score (nSPS) is 12.2. The number of carbonyl (C=O) groups excluding carboxylic acids is 2. The van der Waals surface area contributed by atoms with Gasteiger partial charge in [-0.2, -0.15) is 0 Å². The van der Waals surface area contributed by atoms with Crippen LogP contribution in [0.25, 0.3) is 0 Å². The van der Waals surface area contributed by atoms with Gasteiger partial charge in [0.2, 0.25) is 0 Å². The molecule has 13 heavy (non-hydrogen) atoms. The zero-order valence-corrected chi connectivity index (χ0v) is 8.42. The van der Waals surface area contributed by atoms with Gasteiger partial charge in [0.05, 0.1) is 19.1 Å². The minimum absolute atomic E-state index is 0.0325. The summed E-state index contributed by atoms with van der Waals surface area (Å²) in [5.74, 6) is -0.362. The van der Waals surface area contributed by atoms with Crippen molar-refractivity contribution in [1.82, 2.24) is 5.32 Å². The second-order valence-corrected chi connectivity index (χ2v) is 2.73. The number of nitrogens with one attached hydrogen (secondary N) is 1. The number of rotatable bonds is 6. The van der Waals surface area contributed by atoms with E-state index in [9.17, 15) is 9.59 Å². The minimum atomic E-state index is -0.399. The molecular weight excluding hydrogens is 170 g/mol. The number of ether oxygens (including phenoxy) is 1. The van der Waals surface area contributed by atoms with Crippen LogP contribution in [0, 0.1) is 0 Å². The lowest BCUT2D eigenvalue weighted by Crippen LogP contribution is -2.37. The molecule has 0 aliphatic heterocycles. The van der Waals surface area contributed by atoms with Crippen LogP contribution in [-0.4, -0.2) is 30.9 Å². The molecule has 0 radical (unpaired) electrons. The molecule has 0 aromatic rings. The van der Waals surface area contributed by atoms with E-state index in [0.29, 0.717) is 13.2 Å². The molecule has 0 aliphatic rings. The number of Topliss-reactive ketones (excluding diaryl/α,β-unsaturated/α-hetero) is 1. The summed E-state index contributed by atoms with van der Waals surface area (Å²) in [7, 11) is 0. The summed E-state index contributed by atoms with van der Waals surface area (Å²) in [4.78, 5) is 22.0. The van der Waals surface area contributed by atoms with Gasteiger partial charge in [-0.25, -0.2) is 0 Å². The van der Waals surface area contributed by atoms with Gasteiger partial charge in [-0.05, 0) is 20.4 Å². The Morgan fingerprint density at radius 2 is 2.00 bits per heavy atom. The summed E-state index contributed by atoms with van der Waals surface area (Å²) in [6.45, 7) is 6.13. The monoisotopic (exact) mass is 187 g/mol. The van der Waals surface area contributed by atoms with E-state index in [4.69, 9.17) is 4.74 Å². The number of esters is 1. The van der Waals surface area contributed by atoms with E-state index in [2.05, 4.69) is 5.32 Å². The first kappa shape index (κ1) is 12.1. The molecule has 0 saturated carbocycles. The Morgan fingerprint density at radius 1 is 1.38 bits per heavy atom. The molecule has 0 saturated heterocycles. The molecule has 1 N–H and O–H groups in total. The van der Waals surface area contributed by atoms with Gasteiger partial charge >= 0.3 is 5.97 Å². The number of carbonyl (C=O) groups is 2. The Bertz CT molecular complexity index is 180. The molecule has 1 atom stereocenters. The molecule has 0 aromatic carbocycles. The lowest BCUT2D eigenvalue weighted by Gasteiger charge is -2.12. The van der Waals surface area contributed by atoms with Crippen LogP contribution in [0.15, 0.2) is 0 Å². The predicted molar refractivity (Wildman–Crippen MR) is 49.4 cm³/mol. The Labute approximate surface area is 78.6 Å². The molecule has 4 nitrogen and oxygen atoms in total. The Kier molecular flexibility index (Phi) is 6.14. The van der Waals surface area contributed by atoms with Crippen molar-refractivity contribution in [3.63, 3.8) is 0 Å². The number of likely N-dealkylation sites (N-methyl/N-ethyl adjacent to an activating group) is 1. The molecule has 4 heteroatoms. The average Bonchev–Trinajstić information content (AvgIpc) is 2.04. The maximum Gasteiger partial charge on any atom is 0.307 e. The topological polar surface area (TPSA) is 55.4 Å². The highest BCUT2D eigenvalue weighted by Crippen LogP contribution is 1.96. The highest BCUT2D eigenvalue weighted by molar-refractivity contribution is 5.86. The van der Waals surface area contributed by atoms with E-state index < -0.39 is 6.04 Å². The summed E-state index contributed by atoms with van der Waals surface area (Å²) >= 11 is 0. The molecule has 0 rings (SSSR count). The quantitative estimate of drug-likeness (QED) is 0.615. The molecule has 0 heterocycles. The highest BCUT2D eigenvalue weighted by atomic mass is 16.5. The Hall–Kier alpha value is -0.900. The summed E-state index contributed by atoms with van der Waals surface area (Å²) in [5, 5.41) is 2.92. The fourth-order valence-corrected chi connectivity index (χ4v) is 0.993. The van der Waals surface area contributed by atoms with E-state index >= 15 is 0 Å². The lowest BCUT2D eigenvalue weighted by molar-refractivity contribution is -0.145. The third-order valence-corrected chi connectivity index (χ3v) is 1.62. The smallest absolute Gasteiger partial charge is 0.307 e. The van der Waals surface area contributed by atoms with E-state index in [1.54, 1.807) is 6.92 Å². The first-order valence-electron chi connectivity index (χ1n) is 4.51. The fourth-order valence-electron chi connectivity index (χ4n) is 0.993. The van der Waals surface area contributed by atoms with Gasteiger partial charge in [-0.1, -0.05) is 6.92 Å². The zero-order chi connectivity index (χ0) is 10.3. The lowest BCUT2D eigenvalue weighted by atomic mass is 10.1. The molecule has 0 spiro atoms. The zero-order valence-electron chi connectivity index (χ0n) is 8.42. The van der Waals surface area contributed by atoms with Crippen molar-refractivity contribution in [3.05, 3.63) is 0 Å². The van der Waals surface area contributed by atoms with Crippen LogP contribution in [-0.2, 0) is 14.3 Å². The first-order valence-corrected chi connectivity index (χ1v) is 4.51. The predicted octanol–water partition coefficient (Wildman–Crippen LogP) is 0.507. The van der Waals surface area contributed by atoms with Gasteiger partial charge in [0.15, 0.2) is 0 Å². The molecule has 0 bridgehead atoms. The third-order valence-electron chi connectivity index (χ3n) is 1.62. The fraction of sp³-hybridized carbons (Fsp3) is 0.778. The van der Waals surface area contributed by atoms with Crippen molar-refractivity contribution in [2.24, 2.45) is 0 Å². The van der Waals surface area contributed by atoms with Crippen molar-refractivity contribution >= 4 is 11.8 Å². The molecule has 1 unspecified atom stereocenters. The third kappa shape index (κ3) is 5.36. The molecule has 0 aliphatic carbocycles. The summed E-state index contributed by atoms with van der Waals surface area (Å²) in [6, 6.07) is -0.399.